The molecule has 0 aliphatic heterocycles. The Morgan fingerprint density at radius 1 is 1.10 bits per heavy atom. The molecule has 0 aliphatic carbocycles. The lowest BCUT2D eigenvalue weighted by Crippen LogP contribution is -2.26. The average molecular weight is 286 g/mol. The van der Waals surface area contributed by atoms with Gasteiger partial charge in [0.2, 0.25) is 0 Å². The molecule has 1 heterocycles. The van der Waals surface area contributed by atoms with Crippen LogP contribution >= 0.6 is 0 Å². The van der Waals surface area contributed by atoms with Crippen molar-refractivity contribution in [1.29, 1.82) is 0 Å². The molecular weight excluding hydrogens is 268 g/mol. The molecule has 0 atom stereocenters. The van der Waals surface area contributed by atoms with E-state index in [9.17, 15) is 9.59 Å². The first-order valence-corrected chi connectivity index (χ1v) is 6.94. The Balaban J connectivity index is 2.09. The second kappa shape index (κ2) is 7.28. The molecule has 2 N–H and O–H groups in total. The second-order valence-electron chi connectivity index (χ2n) is 4.59. The highest BCUT2D eigenvalue weighted by Crippen LogP contribution is 2.16. The Bertz CT molecular complexity index is 606. The quantitative estimate of drug-likeness (QED) is 0.802. The van der Waals surface area contributed by atoms with Crippen LogP contribution in [0, 0.1) is 0 Å². The van der Waals surface area contributed by atoms with E-state index >= 15 is 0 Å². The largest absolute Gasteiger partial charge is 0.459 e. The predicted octanol–water partition coefficient (Wildman–Crippen LogP) is 3.06. The number of rotatable bonds is 6. The Kier molecular flexibility index (Phi) is 5.15. The van der Waals surface area contributed by atoms with E-state index in [-0.39, 0.29) is 17.6 Å². The minimum Gasteiger partial charge on any atom is -0.459 e. The third-order valence-electron chi connectivity index (χ3n) is 2.98. The summed E-state index contributed by atoms with van der Waals surface area (Å²) in [7, 11) is 0. The zero-order chi connectivity index (χ0) is 15.1. The standard InChI is InChI=1S/C16H18N2O3/c1-2-3-10-17-15(19)12-7-4-5-8-13(12)18-16(20)14-9-6-11-21-14/h4-9,11H,2-3,10H2,1H3,(H,17,19)(H,18,20). The van der Waals surface area contributed by atoms with Crippen molar-refractivity contribution in [2.45, 2.75) is 19.8 Å². The Morgan fingerprint density at radius 3 is 2.62 bits per heavy atom. The molecule has 0 radical (unpaired) electrons. The zero-order valence-electron chi connectivity index (χ0n) is 11.9. The van der Waals surface area contributed by atoms with Crippen molar-refractivity contribution in [2.24, 2.45) is 0 Å². The summed E-state index contributed by atoms with van der Waals surface area (Å²) in [6.45, 7) is 2.68. The van der Waals surface area contributed by atoms with Gasteiger partial charge in [-0.05, 0) is 30.7 Å². The van der Waals surface area contributed by atoms with Crippen LogP contribution in [0.3, 0.4) is 0 Å². The average Bonchev–Trinajstić information content (AvgIpc) is 3.02. The Morgan fingerprint density at radius 2 is 1.90 bits per heavy atom. The van der Waals surface area contributed by atoms with Gasteiger partial charge in [-0.15, -0.1) is 0 Å². The van der Waals surface area contributed by atoms with Crippen LogP contribution in [-0.4, -0.2) is 18.4 Å². The summed E-state index contributed by atoms with van der Waals surface area (Å²) in [6, 6.07) is 10.1. The van der Waals surface area contributed by atoms with E-state index in [4.69, 9.17) is 4.42 Å². The van der Waals surface area contributed by atoms with E-state index < -0.39 is 0 Å². The molecule has 0 saturated carbocycles. The molecule has 0 aliphatic rings. The number of benzene rings is 1. The van der Waals surface area contributed by atoms with Gasteiger partial charge in [0.15, 0.2) is 5.76 Å². The van der Waals surface area contributed by atoms with Crippen molar-refractivity contribution in [2.75, 3.05) is 11.9 Å². The molecule has 0 spiro atoms. The van der Waals surface area contributed by atoms with E-state index in [1.165, 1.54) is 6.26 Å². The van der Waals surface area contributed by atoms with E-state index in [0.717, 1.165) is 12.8 Å². The topological polar surface area (TPSA) is 71.3 Å². The Hall–Kier alpha value is -2.56. The molecule has 0 saturated heterocycles. The van der Waals surface area contributed by atoms with Gasteiger partial charge in [-0.2, -0.15) is 0 Å². The van der Waals surface area contributed by atoms with Crippen molar-refractivity contribution < 1.29 is 14.0 Å². The van der Waals surface area contributed by atoms with Crippen LogP contribution in [0.25, 0.3) is 0 Å². The first kappa shape index (κ1) is 14.8. The SMILES string of the molecule is CCCCNC(=O)c1ccccc1NC(=O)c1ccco1. The third-order valence-corrected chi connectivity index (χ3v) is 2.98. The molecule has 1 aromatic heterocycles. The predicted molar refractivity (Wildman–Crippen MR) is 80.3 cm³/mol. The van der Waals surface area contributed by atoms with Crippen molar-refractivity contribution in [3.8, 4) is 0 Å². The number of carbonyl (C=O) groups is 2. The monoisotopic (exact) mass is 286 g/mol. The molecule has 2 amide bonds. The number of nitrogens with one attached hydrogen (secondary N) is 2. The van der Waals surface area contributed by atoms with Gasteiger partial charge in [0.1, 0.15) is 0 Å². The lowest BCUT2D eigenvalue weighted by atomic mass is 10.1. The second-order valence-corrected chi connectivity index (χ2v) is 4.59. The summed E-state index contributed by atoms with van der Waals surface area (Å²) in [5.41, 5.74) is 0.904. The number of hydrogen-bond acceptors (Lipinski definition) is 3. The summed E-state index contributed by atoms with van der Waals surface area (Å²) in [5, 5.41) is 5.53. The van der Waals surface area contributed by atoms with Crippen LogP contribution in [0.2, 0.25) is 0 Å². The molecule has 110 valence electrons. The van der Waals surface area contributed by atoms with Crippen LogP contribution in [-0.2, 0) is 0 Å². The zero-order valence-corrected chi connectivity index (χ0v) is 11.9. The molecule has 5 nitrogen and oxygen atoms in total. The normalized spacial score (nSPS) is 10.1. The van der Waals surface area contributed by atoms with Crippen LogP contribution < -0.4 is 10.6 Å². The summed E-state index contributed by atoms with van der Waals surface area (Å²) >= 11 is 0. The van der Waals surface area contributed by atoms with Gasteiger partial charge in [0, 0.05) is 6.54 Å². The van der Waals surface area contributed by atoms with Gasteiger partial charge in [-0.1, -0.05) is 25.5 Å². The molecule has 1 aromatic carbocycles. The summed E-state index contributed by atoms with van der Waals surface area (Å²) in [6.07, 6.45) is 3.36. The molecule has 0 unspecified atom stereocenters. The number of unbranched alkanes of at least 4 members (excludes halogenated alkanes) is 1. The molecule has 0 bridgehead atoms. The highest BCUT2D eigenvalue weighted by atomic mass is 16.3. The smallest absolute Gasteiger partial charge is 0.291 e. The number of amides is 2. The highest BCUT2D eigenvalue weighted by molar-refractivity contribution is 6.07. The van der Waals surface area contributed by atoms with Crippen molar-refractivity contribution in [1.82, 2.24) is 5.32 Å². The Labute approximate surface area is 123 Å². The van der Waals surface area contributed by atoms with Crippen LogP contribution in [0.15, 0.2) is 47.1 Å². The van der Waals surface area contributed by atoms with Crippen LogP contribution in [0.5, 0.6) is 0 Å². The molecule has 5 heteroatoms. The minimum atomic E-state index is -0.381. The van der Waals surface area contributed by atoms with Crippen molar-refractivity contribution in [3.63, 3.8) is 0 Å². The van der Waals surface area contributed by atoms with E-state index in [2.05, 4.69) is 17.6 Å². The van der Waals surface area contributed by atoms with Gasteiger partial charge < -0.3 is 15.1 Å². The number of hydrogen-bond donors (Lipinski definition) is 2. The lowest BCUT2D eigenvalue weighted by Gasteiger charge is -2.10. The van der Waals surface area contributed by atoms with Gasteiger partial charge in [-0.3, -0.25) is 9.59 Å². The highest BCUT2D eigenvalue weighted by Gasteiger charge is 2.14. The van der Waals surface area contributed by atoms with E-state index in [1.54, 1.807) is 36.4 Å². The van der Waals surface area contributed by atoms with Gasteiger partial charge >= 0.3 is 0 Å². The minimum absolute atomic E-state index is 0.196. The van der Waals surface area contributed by atoms with Crippen LogP contribution in [0.1, 0.15) is 40.7 Å². The van der Waals surface area contributed by atoms with Gasteiger partial charge in [-0.25, -0.2) is 0 Å². The summed E-state index contributed by atoms with van der Waals surface area (Å²) in [4.78, 5) is 24.1. The summed E-state index contributed by atoms with van der Waals surface area (Å²) < 4.78 is 5.03. The van der Waals surface area contributed by atoms with Crippen molar-refractivity contribution in [3.05, 3.63) is 54.0 Å². The molecule has 21 heavy (non-hydrogen) atoms. The van der Waals surface area contributed by atoms with E-state index in [1.807, 2.05) is 0 Å². The molecule has 0 fully saturated rings. The fourth-order valence-corrected chi connectivity index (χ4v) is 1.86. The maximum Gasteiger partial charge on any atom is 0.291 e. The maximum atomic E-state index is 12.1. The summed E-state index contributed by atoms with van der Waals surface area (Å²) in [5.74, 6) is -0.371. The maximum absolute atomic E-state index is 12.1. The number of furan rings is 1. The fourth-order valence-electron chi connectivity index (χ4n) is 1.86. The number of carbonyl (C=O) groups excluding carboxylic acids is 2. The van der Waals surface area contributed by atoms with Gasteiger partial charge in [0.05, 0.1) is 17.5 Å². The van der Waals surface area contributed by atoms with E-state index in [0.29, 0.717) is 17.8 Å². The third kappa shape index (κ3) is 3.95. The molecule has 2 aromatic rings. The lowest BCUT2D eigenvalue weighted by molar-refractivity contribution is 0.0954. The van der Waals surface area contributed by atoms with Crippen molar-refractivity contribution >= 4 is 17.5 Å². The molecular formula is C16H18N2O3. The first-order chi connectivity index (χ1) is 10.2. The number of anilines is 1. The molecule has 2 rings (SSSR count). The van der Waals surface area contributed by atoms with Crippen LogP contribution in [0.4, 0.5) is 5.69 Å². The fraction of sp³-hybridized carbons (Fsp3) is 0.250. The first-order valence-electron chi connectivity index (χ1n) is 6.94. The van der Waals surface area contributed by atoms with Gasteiger partial charge in [0.25, 0.3) is 11.8 Å². The number of para-hydroxylation sites is 1.